The van der Waals surface area contributed by atoms with Gasteiger partial charge in [0.05, 0.1) is 21.7 Å². The minimum Gasteiger partial charge on any atom is -0.481 e. The number of carbonyl (C=O) groups is 1. The van der Waals surface area contributed by atoms with Crippen molar-refractivity contribution >= 4 is 34.9 Å². The lowest BCUT2D eigenvalue weighted by atomic mass is 10.1. The van der Waals surface area contributed by atoms with Gasteiger partial charge in [-0.3, -0.25) is 4.79 Å². The van der Waals surface area contributed by atoms with Crippen molar-refractivity contribution in [3.63, 3.8) is 0 Å². The molecule has 0 aliphatic rings. The number of nitrogens with zero attached hydrogens (tertiary/aromatic N) is 1. The molecule has 0 aromatic heterocycles. The molecule has 0 aliphatic carbocycles. The number of rotatable bonds is 5. The van der Waals surface area contributed by atoms with E-state index in [1.54, 1.807) is 25.1 Å². The van der Waals surface area contributed by atoms with Crippen LogP contribution in [0.25, 0.3) is 0 Å². The normalized spacial score (nSPS) is 12.2. The van der Waals surface area contributed by atoms with Crippen LogP contribution in [-0.4, -0.2) is 24.2 Å². The van der Waals surface area contributed by atoms with E-state index in [-0.39, 0.29) is 0 Å². The van der Waals surface area contributed by atoms with Gasteiger partial charge in [0.25, 0.3) is 0 Å². The lowest BCUT2D eigenvalue weighted by Gasteiger charge is -2.26. The monoisotopic (exact) mass is 275 g/mol. The number of hydrogen-bond donors (Lipinski definition) is 1. The van der Waals surface area contributed by atoms with Gasteiger partial charge in [0, 0.05) is 13.1 Å². The second-order valence-electron chi connectivity index (χ2n) is 3.85. The molecule has 0 amide bonds. The van der Waals surface area contributed by atoms with Crippen LogP contribution in [0.1, 0.15) is 13.8 Å². The van der Waals surface area contributed by atoms with E-state index in [9.17, 15) is 4.79 Å². The predicted molar refractivity (Wildman–Crippen MR) is 71.1 cm³/mol. The number of carboxylic acids is 1. The minimum absolute atomic E-state index is 0.384. The number of carboxylic acid groups (broad SMARTS) is 1. The first-order chi connectivity index (χ1) is 7.97. The largest absolute Gasteiger partial charge is 0.481 e. The first-order valence-electron chi connectivity index (χ1n) is 5.39. The van der Waals surface area contributed by atoms with Gasteiger partial charge < -0.3 is 10.0 Å². The summed E-state index contributed by atoms with van der Waals surface area (Å²) in [6.45, 7) is 4.64. The maximum absolute atomic E-state index is 10.9. The third-order valence-electron chi connectivity index (χ3n) is 2.55. The molecule has 0 fully saturated rings. The van der Waals surface area contributed by atoms with E-state index >= 15 is 0 Å². The van der Waals surface area contributed by atoms with E-state index in [0.29, 0.717) is 28.8 Å². The summed E-state index contributed by atoms with van der Waals surface area (Å²) in [6, 6.07) is 5.26. The van der Waals surface area contributed by atoms with E-state index in [1.165, 1.54) is 0 Å². The van der Waals surface area contributed by atoms with Crippen LogP contribution in [-0.2, 0) is 4.79 Å². The molecule has 1 aromatic rings. The van der Waals surface area contributed by atoms with Gasteiger partial charge >= 0.3 is 5.97 Å². The van der Waals surface area contributed by atoms with Gasteiger partial charge in [-0.1, -0.05) is 36.2 Å². The lowest BCUT2D eigenvalue weighted by molar-refractivity contribution is -0.140. The highest BCUT2D eigenvalue weighted by Crippen LogP contribution is 2.33. The van der Waals surface area contributed by atoms with E-state index in [0.717, 1.165) is 0 Å². The van der Waals surface area contributed by atoms with Crippen molar-refractivity contribution in [1.82, 2.24) is 0 Å². The third kappa shape index (κ3) is 3.51. The zero-order valence-corrected chi connectivity index (χ0v) is 11.3. The molecule has 94 valence electrons. The van der Waals surface area contributed by atoms with E-state index < -0.39 is 11.9 Å². The predicted octanol–water partition coefficient (Wildman–Crippen LogP) is 3.54. The van der Waals surface area contributed by atoms with Gasteiger partial charge in [0.1, 0.15) is 0 Å². The molecule has 1 atom stereocenters. The summed E-state index contributed by atoms with van der Waals surface area (Å²) in [5.74, 6) is -1.30. The highest BCUT2D eigenvalue weighted by Gasteiger charge is 2.19. The first-order valence-corrected chi connectivity index (χ1v) is 6.14. The fraction of sp³-hybridized carbons (Fsp3) is 0.417. The lowest BCUT2D eigenvalue weighted by Crippen LogP contribution is -2.32. The molecule has 1 N–H and O–H groups in total. The van der Waals surface area contributed by atoms with E-state index in [2.05, 4.69) is 0 Å². The summed E-state index contributed by atoms with van der Waals surface area (Å²) in [4.78, 5) is 12.7. The molecule has 17 heavy (non-hydrogen) atoms. The Hall–Kier alpha value is -0.930. The Morgan fingerprint density at radius 2 is 1.94 bits per heavy atom. The molecule has 1 aromatic carbocycles. The second kappa shape index (κ2) is 6.12. The van der Waals surface area contributed by atoms with Crippen molar-refractivity contribution in [3.05, 3.63) is 28.2 Å². The molecule has 5 heteroatoms. The van der Waals surface area contributed by atoms with Crippen LogP contribution in [0.5, 0.6) is 0 Å². The van der Waals surface area contributed by atoms with Crippen LogP contribution in [0.2, 0.25) is 10.0 Å². The fourth-order valence-corrected chi connectivity index (χ4v) is 2.21. The second-order valence-corrected chi connectivity index (χ2v) is 4.66. The Bertz CT molecular complexity index is 389. The average molecular weight is 276 g/mol. The minimum atomic E-state index is -0.827. The summed E-state index contributed by atoms with van der Waals surface area (Å²) in [7, 11) is 0. The number of aliphatic carboxylic acids is 1. The van der Waals surface area contributed by atoms with E-state index in [4.69, 9.17) is 28.3 Å². The Kier molecular flexibility index (Phi) is 5.09. The number of hydrogen-bond acceptors (Lipinski definition) is 2. The zero-order valence-electron chi connectivity index (χ0n) is 9.78. The molecule has 0 radical (unpaired) electrons. The Morgan fingerprint density at radius 3 is 2.35 bits per heavy atom. The van der Waals surface area contributed by atoms with Gasteiger partial charge in [-0.2, -0.15) is 0 Å². The number of anilines is 1. The molecule has 0 saturated carbocycles. The highest BCUT2D eigenvalue weighted by molar-refractivity contribution is 6.39. The standard InChI is InChI=1S/C12H15Cl2NO2/c1-3-15(7-8(2)12(16)17)11-9(13)5-4-6-10(11)14/h4-6,8H,3,7H2,1-2H3,(H,16,17). The van der Waals surface area contributed by atoms with Crippen LogP contribution in [0, 0.1) is 5.92 Å². The number of benzene rings is 1. The van der Waals surface area contributed by atoms with Gasteiger partial charge in [-0.05, 0) is 19.1 Å². The Balaban J connectivity index is 2.98. The molecular formula is C12H15Cl2NO2. The summed E-state index contributed by atoms with van der Waals surface area (Å²) in [5, 5.41) is 10.00. The van der Waals surface area contributed by atoms with Crippen molar-refractivity contribution in [2.45, 2.75) is 13.8 Å². The number of halogens is 2. The van der Waals surface area contributed by atoms with Crippen LogP contribution in [0.3, 0.4) is 0 Å². The van der Waals surface area contributed by atoms with Crippen LogP contribution >= 0.6 is 23.2 Å². The molecule has 0 aliphatic heterocycles. The summed E-state index contributed by atoms with van der Waals surface area (Å²) < 4.78 is 0. The van der Waals surface area contributed by atoms with Crippen LogP contribution in [0.15, 0.2) is 18.2 Å². The average Bonchev–Trinajstić information content (AvgIpc) is 2.26. The topological polar surface area (TPSA) is 40.5 Å². The molecule has 1 rings (SSSR count). The molecule has 0 bridgehead atoms. The van der Waals surface area contributed by atoms with Crippen molar-refractivity contribution in [1.29, 1.82) is 0 Å². The molecule has 1 unspecified atom stereocenters. The zero-order chi connectivity index (χ0) is 13.0. The van der Waals surface area contributed by atoms with Crippen molar-refractivity contribution in [2.75, 3.05) is 18.0 Å². The van der Waals surface area contributed by atoms with Gasteiger partial charge in [0.15, 0.2) is 0 Å². The van der Waals surface area contributed by atoms with Gasteiger partial charge in [0.2, 0.25) is 0 Å². The molecule has 3 nitrogen and oxygen atoms in total. The van der Waals surface area contributed by atoms with Crippen LogP contribution in [0.4, 0.5) is 5.69 Å². The molecule has 0 heterocycles. The summed E-state index contributed by atoms with van der Waals surface area (Å²) >= 11 is 12.2. The maximum Gasteiger partial charge on any atom is 0.308 e. The number of para-hydroxylation sites is 1. The SMILES string of the molecule is CCN(CC(C)C(=O)O)c1c(Cl)cccc1Cl. The van der Waals surface area contributed by atoms with Crippen molar-refractivity contribution in [3.8, 4) is 0 Å². The van der Waals surface area contributed by atoms with Crippen molar-refractivity contribution in [2.24, 2.45) is 5.92 Å². The van der Waals surface area contributed by atoms with Crippen LogP contribution < -0.4 is 4.90 Å². The quantitative estimate of drug-likeness (QED) is 0.894. The first kappa shape index (κ1) is 14.1. The Labute approximate surface area is 111 Å². The van der Waals surface area contributed by atoms with Crippen molar-refractivity contribution < 1.29 is 9.90 Å². The van der Waals surface area contributed by atoms with E-state index in [1.807, 2.05) is 11.8 Å². The third-order valence-corrected chi connectivity index (χ3v) is 3.16. The fourth-order valence-electron chi connectivity index (χ4n) is 1.58. The molecule has 0 saturated heterocycles. The smallest absolute Gasteiger partial charge is 0.308 e. The molecule has 0 spiro atoms. The summed E-state index contributed by atoms with van der Waals surface area (Å²) in [6.07, 6.45) is 0. The van der Waals surface area contributed by atoms with Gasteiger partial charge in [-0.25, -0.2) is 0 Å². The molecular weight excluding hydrogens is 261 g/mol. The summed E-state index contributed by atoms with van der Waals surface area (Å²) in [5.41, 5.74) is 0.700. The highest BCUT2D eigenvalue weighted by atomic mass is 35.5. The Morgan fingerprint density at radius 1 is 1.41 bits per heavy atom. The van der Waals surface area contributed by atoms with Gasteiger partial charge in [-0.15, -0.1) is 0 Å². The maximum atomic E-state index is 10.9.